The van der Waals surface area contributed by atoms with Crippen molar-refractivity contribution in [1.29, 1.82) is 0 Å². The van der Waals surface area contributed by atoms with Gasteiger partial charge in [-0.15, -0.1) is 11.8 Å². The van der Waals surface area contributed by atoms with E-state index in [1.165, 1.54) is 17.8 Å². The van der Waals surface area contributed by atoms with Gasteiger partial charge in [0.25, 0.3) is 0 Å². The number of benzene rings is 1. The Morgan fingerprint density at radius 3 is 2.75 bits per heavy atom. The molecule has 16 heavy (non-hydrogen) atoms. The van der Waals surface area contributed by atoms with Gasteiger partial charge in [0, 0.05) is 10.6 Å². The number of anilines is 1. The zero-order chi connectivity index (χ0) is 11.5. The first-order chi connectivity index (χ1) is 7.65. The van der Waals surface area contributed by atoms with Crippen LogP contribution in [0.15, 0.2) is 44.3 Å². The third-order valence-corrected chi connectivity index (χ3v) is 3.45. The molecule has 0 bridgehead atoms. The molecule has 0 saturated carbocycles. The normalized spacial score (nSPS) is 10.6. The van der Waals surface area contributed by atoms with Crippen LogP contribution in [0.5, 0.6) is 0 Å². The zero-order valence-electron chi connectivity index (χ0n) is 8.24. The summed E-state index contributed by atoms with van der Waals surface area (Å²) in [5, 5.41) is 0. The smallest absolute Gasteiger partial charge is 0.169 e. The molecule has 1 aromatic heterocycles. The van der Waals surface area contributed by atoms with Gasteiger partial charge in [-0.3, -0.25) is 0 Å². The zero-order valence-corrected chi connectivity index (χ0v) is 10.6. The predicted molar refractivity (Wildman–Crippen MR) is 66.8 cm³/mol. The minimum atomic E-state index is -0.296. The highest BCUT2D eigenvalue weighted by molar-refractivity contribution is 9.10. The molecular formula is C11H9BrFNOS. The number of nitrogen functional groups attached to an aromatic ring is 1. The van der Waals surface area contributed by atoms with E-state index in [1.807, 2.05) is 12.1 Å². The molecule has 0 spiro atoms. The van der Waals surface area contributed by atoms with Crippen LogP contribution in [0.3, 0.4) is 0 Å². The second kappa shape index (κ2) is 4.93. The quantitative estimate of drug-likeness (QED) is 0.686. The van der Waals surface area contributed by atoms with Crippen LogP contribution in [-0.4, -0.2) is 0 Å². The van der Waals surface area contributed by atoms with Crippen molar-refractivity contribution in [3.05, 3.63) is 46.6 Å². The van der Waals surface area contributed by atoms with Gasteiger partial charge in [0.2, 0.25) is 0 Å². The van der Waals surface area contributed by atoms with Crippen molar-refractivity contribution in [2.45, 2.75) is 10.6 Å². The molecule has 0 aliphatic rings. The fourth-order valence-electron chi connectivity index (χ4n) is 1.21. The van der Waals surface area contributed by atoms with E-state index in [9.17, 15) is 4.39 Å². The maximum Gasteiger partial charge on any atom is 0.169 e. The molecule has 0 fully saturated rings. The lowest BCUT2D eigenvalue weighted by molar-refractivity contribution is 0.506. The van der Waals surface area contributed by atoms with Gasteiger partial charge in [0.05, 0.1) is 5.75 Å². The Kier molecular flexibility index (Phi) is 3.56. The number of rotatable bonds is 3. The van der Waals surface area contributed by atoms with Crippen LogP contribution in [0.25, 0.3) is 0 Å². The molecule has 0 amide bonds. The molecule has 0 aliphatic heterocycles. The van der Waals surface area contributed by atoms with Crippen molar-refractivity contribution in [1.82, 2.24) is 0 Å². The number of nitrogens with two attached hydrogens (primary N) is 1. The van der Waals surface area contributed by atoms with E-state index in [4.69, 9.17) is 10.2 Å². The Morgan fingerprint density at radius 2 is 2.12 bits per heavy atom. The summed E-state index contributed by atoms with van der Waals surface area (Å²) in [5.41, 5.74) is 5.90. The molecular weight excluding hydrogens is 293 g/mol. The Bertz CT molecular complexity index is 500. The molecule has 2 aromatic rings. The maximum atomic E-state index is 13.4. The summed E-state index contributed by atoms with van der Waals surface area (Å²) in [7, 11) is 0. The van der Waals surface area contributed by atoms with E-state index >= 15 is 0 Å². The molecule has 2 N–H and O–H groups in total. The average molecular weight is 302 g/mol. The van der Waals surface area contributed by atoms with Gasteiger partial charge in [-0.2, -0.15) is 0 Å². The van der Waals surface area contributed by atoms with Crippen LogP contribution in [-0.2, 0) is 5.75 Å². The summed E-state index contributed by atoms with van der Waals surface area (Å²) < 4.78 is 19.4. The standard InChI is InChI=1S/C11H9BrFNOS/c12-11-4-2-8(15-11)6-16-10-3-1-7(14)5-9(10)13/h1-5H,6,14H2. The molecule has 0 radical (unpaired) electrons. The van der Waals surface area contributed by atoms with Crippen LogP contribution in [0.4, 0.5) is 10.1 Å². The first kappa shape index (κ1) is 11.5. The topological polar surface area (TPSA) is 39.2 Å². The molecule has 84 valence electrons. The van der Waals surface area contributed by atoms with Crippen molar-refractivity contribution in [2.75, 3.05) is 5.73 Å². The molecule has 1 aromatic carbocycles. The maximum absolute atomic E-state index is 13.4. The van der Waals surface area contributed by atoms with Crippen LogP contribution < -0.4 is 5.73 Å². The lowest BCUT2D eigenvalue weighted by Crippen LogP contribution is -1.88. The Morgan fingerprint density at radius 1 is 1.31 bits per heavy atom. The molecule has 5 heteroatoms. The molecule has 1 heterocycles. The second-order valence-corrected chi connectivity index (χ2v) is 4.98. The Labute approximate surface area is 105 Å². The van der Waals surface area contributed by atoms with Crippen molar-refractivity contribution in [3.8, 4) is 0 Å². The number of thioether (sulfide) groups is 1. The van der Waals surface area contributed by atoms with E-state index in [-0.39, 0.29) is 5.82 Å². The van der Waals surface area contributed by atoms with Gasteiger partial charge in [-0.05, 0) is 46.3 Å². The van der Waals surface area contributed by atoms with Gasteiger partial charge in [0.1, 0.15) is 11.6 Å². The van der Waals surface area contributed by atoms with Crippen molar-refractivity contribution < 1.29 is 8.81 Å². The molecule has 0 aliphatic carbocycles. The largest absolute Gasteiger partial charge is 0.453 e. The number of hydrogen-bond donors (Lipinski definition) is 1. The summed E-state index contributed by atoms with van der Waals surface area (Å²) in [6.45, 7) is 0. The average Bonchev–Trinajstić information content (AvgIpc) is 2.63. The fourth-order valence-corrected chi connectivity index (χ4v) is 2.37. The molecule has 0 atom stereocenters. The van der Waals surface area contributed by atoms with E-state index in [0.29, 0.717) is 21.0 Å². The summed E-state index contributed by atoms with van der Waals surface area (Å²) in [4.78, 5) is 0.571. The first-order valence-electron chi connectivity index (χ1n) is 4.57. The molecule has 2 nitrogen and oxygen atoms in total. The minimum absolute atomic E-state index is 0.296. The minimum Gasteiger partial charge on any atom is -0.453 e. The summed E-state index contributed by atoms with van der Waals surface area (Å²) in [5.74, 6) is 1.09. The highest BCUT2D eigenvalue weighted by Gasteiger charge is 2.05. The number of hydrogen-bond acceptors (Lipinski definition) is 3. The summed E-state index contributed by atoms with van der Waals surface area (Å²) >= 11 is 4.59. The van der Waals surface area contributed by atoms with Gasteiger partial charge < -0.3 is 10.2 Å². The fraction of sp³-hybridized carbons (Fsp3) is 0.0909. The second-order valence-electron chi connectivity index (χ2n) is 3.18. The van der Waals surface area contributed by atoms with E-state index in [1.54, 1.807) is 12.1 Å². The van der Waals surface area contributed by atoms with Crippen molar-refractivity contribution in [3.63, 3.8) is 0 Å². The number of furan rings is 1. The lowest BCUT2D eigenvalue weighted by Gasteiger charge is -2.02. The molecule has 2 rings (SSSR count). The third-order valence-electron chi connectivity index (χ3n) is 1.95. The highest BCUT2D eigenvalue weighted by Crippen LogP contribution is 2.28. The summed E-state index contributed by atoms with van der Waals surface area (Å²) in [6, 6.07) is 8.35. The summed E-state index contributed by atoms with van der Waals surface area (Å²) in [6.07, 6.45) is 0. The van der Waals surface area contributed by atoms with Gasteiger partial charge in [0.15, 0.2) is 4.67 Å². The van der Waals surface area contributed by atoms with Gasteiger partial charge in [-0.1, -0.05) is 0 Å². The van der Waals surface area contributed by atoms with E-state index in [0.717, 1.165) is 5.76 Å². The Balaban J connectivity index is 2.04. The monoisotopic (exact) mass is 301 g/mol. The van der Waals surface area contributed by atoms with Crippen molar-refractivity contribution >= 4 is 33.4 Å². The van der Waals surface area contributed by atoms with Crippen LogP contribution in [0.2, 0.25) is 0 Å². The SMILES string of the molecule is Nc1ccc(SCc2ccc(Br)o2)c(F)c1. The van der Waals surface area contributed by atoms with Crippen LogP contribution >= 0.6 is 27.7 Å². The van der Waals surface area contributed by atoms with E-state index < -0.39 is 0 Å². The number of halogens is 2. The van der Waals surface area contributed by atoms with Crippen molar-refractivity contribution in [2.24, 2.45) is 0 Å². The van der Waals surface area contributed by atoms with E-state index in [2.05, 4.69) is 15.9 Å². The van der Waals surface area contributed by atoms with Crippen LogP contribution in [0, 0.1) is 5.82 Å². The third kappa shape index (κ3) is 2.80. The highest BCUT2D eigenvalue weighted by atomic mass is 79.9. The lowest BCUT2D eigenvalue weighted by atomic mass is 10.3. The Hall–Kier alpha value is -0.940. The van der Waals surface area contributed by atoms with Gasteiger partial charge >= 0.3 is 0 Å². The van der Waals surface area contributed by atoms with Crippen LogP contribution in [0.1, 0.15) is 5.76 Å². The van der Waals surface area contributed by atoms with Gasteiger partial charge in [-0.25, -0.2) is 4.39 Å². The first-order valence-corrected chi connectivity index (χ1v) is 6.35. The molecule has 0 saturated heterocycles. The predicted octanol–water partition coefficient (Wildman–Crippen LogP) is 4.06. The molecule has 0 unspecified atom stereocenters.